The van der Waals surface area contributed by atoms with Gasteiger partial charge in [0, 0.05) is 56.1 Å². The van der Waals surface area contributed by atoms with Gasteiger partial charge in [0.15, 0.2) is 5.96 Å². The molecule has 2 aliphatic rings. The molecule has 1 aromatic heterocycles. The lowest BCUT2D eigenvalue weighted by molar-refractivity contribution is -0.119. The second-order valence-electron chi connectivity index (χ2n) is 8.60. The van der Waals surface area contributed by atoms with Crippen molar-refractivity contribution in [3.8, 4) is 0 Å². The number of aromatic nitrogens is 1. The number of aryl methyl sites for hydroxylation is 3. The Bertz CT molecular complexity index is 950. The van der Waals surface area contributed by atoms with Crippen molar-refractivity contribution in [3.63, 3.8) is 0 Å². The number of aliphatic imine (C=N–C) groups is 1. The maximum absolute atomic E-state index is 11.8. The first-order chi connectivity index (χ1) is 13.4. The molecule has 1 amide bonds. The molecule has 0 aliphatic carbocycles. The van der Waals surface area contributed by atoms with E-state index in [9.17, 15) is 4.79 Å². The molecule has 2 aromatic rings. The fourth-order valence-corrected chi connectivity index (χ4v) is 4.86. The third kappa shape index (κ3) is 4.25. The zero-order valence-electron chi connectivity index (χ0n) is 17.8. The van der Waals surface area contributed by atoms with Crippen LogP contribution in [0.1, 0.15) is 41.6 Å². The fraction of sp³-hybridized carbons (Fsp3) is 0.545. The Balaban J connectivity index is 0.00000240. The molecule has 2 fully saturated rings. The molecule has 0 bridgehead atoms. The molecule has 3 N–H and O–H groups in total. The first kappa shape index (κ1) is 21.9. The molecule has 0 saturated carbocycles. The number of benzene rings is 1. The Morgan fingerprint density at radius 1 is 1.31 bits per heavy atom. The lowest BCUT2D eigenvalue weighted by atomic mass is 9.79. The average Bonchev–Trinajstić information content (AvgIpc) is 3.16. The number of hydrogen-bond donors (Lipinski definition) is 3. The van der Waals surface area contributed by atoms with Crippen molar-refractivity contribution in [2.45, 2.75) is 46.6 Å². The number of nitrogens with one attached hydrogen (secondary N) is 3. The summed E-state index contributed by atoms with van der Waals surface area (Å²) in [5, 5.41) is 7.89. The van der Waals surface area contributed by atoms with Crippen LogP contribution < -0.4 is 10.6 Å². The highest BCUT2D eigenvalue weighted by atomic mass is 127. The molecule has 4 rings (SSSR count). The number of piperidine rings is 1. The first-order valence-electron chi connectivity index (χ1n) is 10.2. The summed E-state index contributed by atoms with van der Waals surface area (Å²) >= 11 is 0. The summed E-state index contributed by atoms with van der Waals surface area (Å²) in [6, 6.07) is 4.50. The lowest BCUT2D eigenvalue weighted by Crippen LogP contribution is -2.51. The number of aromatic amines is 1. The quantitative estimate of drug-likeness (QED) is 0.330. The van der Waals surface area contributed by atoms with Crippen LogP contribution in [-0.2, 0) is 11.3 Å². The van der Waals surface area contributed by atoms with Crippen LogP contribution in [0.3, 0.4) is 0 Å². The van der Waals surface area contributed by atoms with Gasteiger partial charge < -0.3 is 20.5 Å². The van der Waals surface area contributed by atoms with Crippen LogP contribution in [-0.4, -0.2) is 48.4 Å². The van der Waals surface area contributed by atoms with Crippen LogP contribution in [0.5, 0.6) is 0 Å². The minimum atomic E-state index is 0. The molecular weight excluding hydrogens is 477 g/mol. The van der Waals surface area contributed by atoms with Gasteiger partial charge in [-0.05, 0) is 50.8 Å². The van der Waals surface area contributed by atoms with Crippen LogP contribution in [0, 0.1) is 26.2 Å². The molecule has 7 heteroatoms. The van der Waals surface area contributed by atoms with E-state index in [1.165, 1.54) is 33.3 Å². The predicted molar refractivity (Wildman–Crippen MR) is 129 cm³/mol. The van der Waals surface area contributed by atoms with Crippen molar-refractivity contribution in [2.75, 3.05) is 26.7 Å². The Kier molecular flexibility index (Phi) is 6.45. The number of rotatable bonds is 2. The summed E-state index contributed by atoms with van der Waals surface area (Å²) in [5.41, 5.74) is 6.36. The summed E-state index contributed by atoms with van der Waals surface area (Å²) < 4.78 is 0. The van der Waals surface area contributed by atoms with Gasteiger partial charge in [0.25, 0.3) is 0 Å². The Labute approximate surface area is 189 Å². The number of halogens is 1. The van der Waals surface area contributed by atoms with Gasteiger partial charge in [-0.1, -0.05) is 11.6 Å². The average molecular weight is 509 g/mol. The van der Waals surface area contributed by atoms with E-state index in [1.54, 1.807) is 0 Å². The van der Waals surface area contributed by atoms with Crippen molar-refractivity contribution in [1.29, 1.82) is 0 Å². The van der Waals surface area contributed by atoms with Gasteiger partial charge in [0.2, 0.25) is 5.91 Å². The molecule has 0 radical (unpaired) electrons. The second kappa shape index (κ2) is 8.53. The Morgan fingerprint density at radius 2 is 2.10 bits per heavy atom. The summed E-state index contributed by atoms with van der Waals surface area (Å²) in [4.78, 5) is 22.2. The predicted octanol–water partition coefficient (Wildman–Crippen LogP) is 3.39. The van der Waals surface area contributed by atoms with Gasteiger partial charge in [0.05, 0.1) is 5.52 Å². The van der Waals surface area contributed by atoms with Crippen LogP contribution in [0.15, 0.2) is 17.1 Å². The largest absolute Gasteiger partial charge is 0.358 e. The third-order valence-electron chi connectivity index (χ3n) is 6.45. The number of carbonyl (C=O) groups is 1. The zero-order chi connectivity index (χ0) is 19.9. The zero-order valence-corrected chi connectivity index (χ0v) is 20.1. The molecule has 158 valence electrons. The fourth-order valence-electron chi connectivity index (χ4n) is 4.86. The van der Waals surface area contributed by atoms with Gasteiger partial charge in [-0.3, -0.25) is 9.79 Å². The van der Waals surface area contributed by atoms with Gasteiger partial charge in [-0.25, -0.2) is 0 Å². The molecule has 2 aliphatic heterocycles. The molecule has 1 aromatic carbocycles. The number of carbonyl (C=O) groups excluding carboxylic acids is 1. The van der Waals surface area contributed by atoms with Gasteiger partial charge in [-0.2, -0.15) is 0 Å². The minimum Gasteiger partial charge on any atom is -0.358 e. The number of fused-ring (bicyclic) bond motifs is 1. The minimum absolute atomic E-state index is 0. The number of hydrogen-bond acceptors (Lipinski definition) is 2. The summed E-state index contributed by atoms with van der Waals surface area (Å²) in [7, 11) is 1.84. The van der Waals surface area contributed by atoms with E-state index >= 15 is 0 Å². The summed E-state index contributed by atoms with van der Waals surface area (Å²) in [6.07, 6.45) is 2.85. The monoisotopic (exact) mass is 509 g/mol. The van der Waals surface area contributed by atoms with Crippen LogP contribution in [0.25, 0.3) is 10.9 Å². The molecule has 3 heterocycles. The van der Waals surface area contributed by atoms with E-state index in [0.29, 0.717) is 6.42 Å². The van der Waals surface area contributed by atoms with Crippen molar-refractivity contribution in [2.24, 2.45) is 10.4 Å². The summed E-state index contributed by atoms with van der Waals surface area (Å²) in [6.45, 7) is 9.84. The first-order valence-corrected chi connectivity index (χ1v) is 10.2. The normalized spacial score (nSPS) is 22.1. The second-order valence-corrected chi connectivity index (χ2v) is 8.60. The molecule has 1 spiro atoms. The van der Waals surface area contributed by atoms with E-state index in [1.807, 2.05) is 7.05 Å². The van der Waals surface area contributed by atoms with Gasteiger partial charge >= 0.3 is 0 Å². The van der Waals surface area contributed by atoms with Crippen LogP contribution >= 0.6 is 24.0 Å². The molecule has 6 nitrogen and oxygen atoms in total. The lowest BCUT2D eigenvalue weighted by Gasteiger charge is -2.40. The number of H-pyrrole nitrogens is 1. The van der Waals surface area contributed by atoms with Crippen molar-refractivity contribution >= 4 is 46.7 Å². The number of amides is 1. The molecule has 1 unspecified atom stereocenters. The Hall–Kier alpha value is -1.77. The van der Waals surface area contributed by atoms with E-state index in [2.05, 4.69) is 58.4 Å². The number of guanidine groups is 1. The molecule has 1 atom stereocenters. The van der Waals surface area contributed by atoms with E-state index in [-0.39, 0.29) is 35.3 Å². The van der Waals surface area contributed by atoms with Crippen LogP contribution in [0.2, 0.25) is 0 Å². The highest BCUT2D eigenvalue weighted by Gasteiger charge is 2.42. The maximum atomic E-state index is 11.8. The van der Waals surface area contributed by atoms with Crippen LogP contribution in [0.4, 0.5) is 0 Å². The molecule has 29 heavy (non-hydrogen) atoms. The SMILES string of the molecule is CN=C(NCc1cc(C)cc2c(C)c(C)[nH]c12)N1CCCC2(CNC(=O)C2)C1.I. The topological polar surface area (TPSA) is 72.5 Å². The number of likely N-dealkylation sites (tertiary alicyclic amines) is 1. The molecule has 2 saturated heterocycles. The van der Waals surface area contributed by atoms with Gasteiger partial charge in [-0.15, -0.1) is 24.0 Å². The highest BCUT2D eigenvalue weighted by molar-refractivity contribution is 14.0. The standard InChI is InChI=1S/C22H31N5O.HI/c1-14-8-17(20-18(9-14)15(2)16(3)26-20)11-24-21(23-4)27-7-5-6-22(13-27)10-19(28)25-12-22;/h8-9,26H,5-7,10-13H2,1-4H3,(H,23,24)(H,25,28);1H. The maximum Gasteiger partial charge on any atom is 0.220 e. The van der Waals surface area contributed by atoms with Crippen molar-refractivity contribution in [1.82, 2.24) is 20.5 Å². The summed E-state index contributed by atoms with van der Waals surface area (Å²) in [5.74, 6) is 1.11. The van der Waals surface area contributed by atoms with Gasteiger partial charge in [0.1, 0.15) is 0 Å². The number of nitrogens with zero attached hydrogens (tertiary/aromatic N) is 2. The Morgan fingerprint density at radius 3 is 2.79 bits per heavy atom. The van der Waals surface area contributed by atoms with Crippen molar-refractivity contribution in [3.05, 3.63) is 34.5 Å². The van der Waals surface area contributed by atoms with E-state index < -0.39 is 0 Å². The van der Waals surface area contributed by atoms with E-state index in [4.69, 9.17) is 0 Å². The van der Waals surface area contributed by atoms with E-state index in [0.717, 1.165) is 45.0 Å². The third-order valence-corrected chi connectivity index (χ3v) is 6.45. The smallest absolute Gasteiger partial charge is 0.220 e. The van der Waals surface area contributed by atoms with Crippen molar-refractivity contribution < 1.29 is 4.79 Å². The highest BCUT2D eigenvalue weighted by Crippen LogP contribution is 2.36. The molecular formula is C22H32IN5O.